The average Bonchev–Trinajstić information content (AvgIpc) is 3.25. The quantitative estimate of drug-likeness (QED) is 0.474. The maximum Gasteiger partial charge on any atom is 0.237 e. The molecule has 1 aliphatic rings. The normalized spacial score (nSPS) is 16.7. The first-order chi connectivity index (χ1) is 15.9. The summed E-state index contributed by atoms with van der Waals surface area (Å²) in [5.41, 5.74) is 1.08. The zero-order valence-corrected chi connectivity index (χ0v) is 20.1. The lowest BCUT2D eigenvalue weighted by Gasteiger charge is -2.37. The lowest BCUT2D eigenvalue weighted by Crippen LogP contribution is -2.48. The molecule has 0 fully saturated rings. The van der Waals surface area contributed by atoms with Gasteiger partial charge in [-0.25, -0.2) is 4.39 Å². The third-order valence-corrected chi connectivity index (χ3v) is 6.45. The van der Waals surface area contributed by atoms with E-state index in [1.165, 1.54) is 17.0 Å². The highest BCUT2D eigenvalue weighted by molar-refractivity contribution is 7.10. The molecular weight excluding hydrogens is 443 g/mol. The molecule has 3 rings (SSSR count). The van der Waals surface area contributed by atoms with Gasteiger partial charge in [0, 0.05) is 30.6 Å². The van der Waals surface area contributed by atoms with E-state index in [9.17, 15) is 14.3 Å². The molecule has 0 spiro atoms. The first-order valence-corrected chi connectivity index (χ1v) is 12.1. The molecule has 1 aromatic heterocycles. The second kappa shape index (κ2) is 12.3. The van der Waals surface area contributed by atoms with Crippen molar-refractivity contribution in [3.05, 3.63) is 64.6 Å². The van der Waals surface area contributed by atoms with Crippen molar-refractivity contribution in [2.45, 2.75) is 38.5 Å². The first kappa shape index (κ1) is 25.4. The number of aliphatic hydroxyl groups is 1. The van der Waals surface area contributed by atoms with Crippen molar-refractivity contribution in [2.24, 2.45) is 0 Å². The molecule has 1 amide bonds. The second-order valence-electron chi connectivity index (χ2n) is 8.44. The van der Waals surface area contributed by atoms with Gasteiger partial charge in [0.1, 0.15) is 18.2 Å². The topological polar surface area (TPSA) is 62.2 Å². The molecule has 2 atom stereocenters. The zero-order valence-electron chi connectivity index (χ0n) is 19.3. The third-order valence-electron chi connectivity index (χ3n) is 5.46. The van der Waals surface area contributed by atoms with Crippen LogP contribution in [0.5, 0.6) is 5.75 Å². The number of fused-ring (bicyclic) bond motifs is 1. The summed E-state index contributed by atoms with van der Waals surface area (Å²) in [6.45, 7) is 9.60. The molecule has 0 radical (unpaired) electrons. The van der Waals surface area contributed by atoms with Gasteiger partial charge < -0.3 is 19.5 Å². The van der Waals surface area contributed by atoms with E-state index in [4.69, 9.17) is 9.47 Å². The number of ether oxygens (including phenoxy) is 2. The molecule has 8 heteroatoms. The van der Waals surface area contributed by atoms with E-state index in [-0.39, 0.29) is 43.6 Å². The molecule has 0 aliphatic carbocycles. The van der Waals surface area contributed by atoms with Crippen molar-refractivity contribution >= 4 is 17.2 Å². The van der Waals surface area contributed by atoms with Crippen molar-refractivity contribution in [2.75, 3.05) is 39.4 Å². The number of benzene rings is 1. The maximum absolute atomic E-state index is 13.6. The average molecular weight is 477 g/mol. The molecular formula is C25H33FN2O4S. The minimum Gasteiger partial charge on any atom is -0.491 e. The van der Waals surface area contributed by atoms with Crippen molar-refractivity contribution < 1.29 is 23.8 Å². The fraction of sp³-hybridized carbons (Fsp3) is 0.480. The van der Waals surface area contributed by atoms with Gasteiger partial charge in [0.2, 0.25) is 5.91 Å². The summed E-state index contributed by atoms with van der Waals surface area (Å²) in [6.07, 6.45) is 1.85. The lowest BCUT2D eigenvalue weighted by molar-refractivity contribution is -0.136. The van der Waals surface area contributed by atoms with Crippen LogP contribution in [0.1, 0.15) is 30.3 Å². The standard InChI is InChI=1S/C25H33FN2O4S/c1-4-10-27(14-20(29)16-31-18(2)3)15-25(30)28-11-8-24-22(9-12-33-24)23(28)17-32-21-7-5-6-19(26)13-21/h4-7,9,12-13,18,20,23,29H,1,8,10-11,14-17H2,2-3H3/t20-,23-/m0/s1. The lowest BCUT2D eigenvalue weighted by atomic mass is 10.0. The van der Waals surface area contributed by atoms with Gasteiger partial charge in [-0.2, -0.15) is 0 Å². The molecule has 2 aromatic rings. The predicted octanol–water partition coefficient (Wildman–Crippen LogP) is 3.67. The fourth-order valence-corrected chi connectivity index (χ4v) is 4.86. The van der Waals surface area contributed by atoms with E-state index >= 15 is 0 Å². The van der Waals surface area contributed by atoms with E-state index in [0.29, 0.717) is 25.4 Å². The van der Waals surface area contributed by atoms with Crippen LogP contribution in [0, 0.1) is 5.82 Å². The molecule has 0 bridgehead atoms. The van der Waals surface area contributed by atoms with Crippen molar-refractivity contribution in [3.8, 4) is 5.75 Å². The summed E-state index contributed by atoms with van der Waals surface area (Å²) in [4.78, 5) is 18.3. The molecule has 0 saturated heterocycles. The zero-order chi connectivity index (χ0) is 23.8. The smallest absolute Gasteiger partial charge is 0.237 e. The van der Waals surface area contributed by atoms with E-state index in [2.05, 4.69) is 6.58 Å². The van der Waals surface area contributed by atoms with Gasteiger partial charge in [-0.15, -0.1) is 17.9 Å². The van der Waals surface area contributed by atoms with Crippen molar-refractivity contribution in [3.63, 3.8) is 0 Å². The molecule has 2 heterocycles. The van der Waals surface area contributed by atoms with Gasteiger partial charge in [-0.05, 0) is 49.4 Å². The summed E-state index contributed by atoms with van der Waals surface area (Å²) < 4.78 is 24.9. The van der Waals surface area contributed by atoms with E-state index in [1.807, 2.05) is 35.1 Å². The third kappa shape index (κ3) is 7.37. The Kier molecular flexibility index (Phi) is 9.43. The van der Waals surface area contributed by atoms with Crippen LogP contribution in [0.15, 0.2) is 48.4 Å². The molecule has 180 valence electrons. The number of thiophene rings is 1. The Labute approximate surface area is 199 Å². The van der Waals surface area contributed by atoms with Gasteiger partial charge in [-0.1, -0.05) is 12.1 Å². The Morgan fingerprint density at radius 2 is 2.24 bits per heavy atom. The highest BCUT2D eigenvalue weighted by atomic mass is 32.1. The molecule has 1 aliphatic heterocycles. The highest BCUT2D eigenvalue weighted by Gasteiger charge is 2.33. The number of hydrogen-bond acceptors (Lipinski definition) is 6. The Hall–Kier alpha value is -2.26. The number of rotatable bonds is 12. The minimum absolute atomic E-state index is 0.0288. The Bertz CT molecular complexity index is 919. The van der Waals surface area contributed by atoms with Crippen LogP contribution in [0.2, 0.25) is 0 Å². The number of hydrogen-bond donors (Lipinski definition) is 1. The molecule has 33 heavy (non-hydrogen) atoms. The van der Waals surface area contributed by atoms with Crippen LogP contribution < -0.4 is 4.74 Å². The van der Waals surface area contributed by atoms with E-state index in [1.54, 1.807) is 29.5 Å². The highest BCUT2D eigenvalue weighted by Crippen LogP contribution is 2.34. The number of nitrogens with zero attached hydrogens (tertiary/aromatic N) is 2. The van der Waals surface area contributed by atoms with Gasteiger partial charge in [0.15, 0.2) is 0 Å². The number of carbonyl (C=O) groups is 1. The second-order valence-corrected chi connectivity index (χ2v) is 9.44. The number of halogens is 1. The van der Waals surface area contributed by atoms with Gasteiger partial charge in [0.25, 0.3) is 0 Å². The summed E-state index contributed by atoms with van der Waals surface area (Å²) >= 11 is 1.68. The van der Waals surface area contributed by atoms with Gasteiger partial charge >= 0.3 is 0 Å². The molecule has 0 unspecified atom stereocenters. The van der Waals surface area contributed by atoms with Crippen LogP contribution in [-0.4, -0.2) is 72.4 Å². The van der Waals surface area contributed by atoms with Crippen LogP contribution in [0.4, 0.5) is 4.39 Å². The Morgan fingerprint density at radius 1 is 1.42 bits per heavy atom. The summed E-state index contributed by atoms with van der Waals surface area (Å²) in [5, 5.41) is 12.4. The van der Waals surface area contributed by atoms with E-state index < -0.39 is 6.10 Å². The Balaban J connectivity index is 1.68. The number of aliphatic hydroxyl groups excluding tert-OH is 1. The fourth-order valence-electron chi connectivity index (χ4n) is 3.93. The van der Waals surface area contributed by atoms with Crippen LogP contribution >= 0.6 is 11.3 Å². The molecule has 1 aromatic carbocycles. The molecule has 0 saturated carbocycles. The van der Waals surface area contributed by atoms with Gasteiger partial charge in [-0.3, -0.25) is 9.69 Å². The number of carbonyl (C=O) groups excluding carboxylic acids is 1. The maximum atomic E-state index is 13.6. The number of amides is 1. The molecule has 1 N–H and O–H groups in total. The summed E-state index contributed by atoms with van der Waals surface area (Å²) in [5.74, 6) is 0.0326. The largest absolute Gasteiger partial charge is 0.491 e. The van der Waals surface area contributed by atoms with Crippen LogP contribution in [-0.2, 0) is 16.0 Å². The monoisotopic (exact) mass is 476 g/mol. The van der Waals surface area contributed by atoms with Crippen molar-refractivity contribution in [1.82, 2.24) is 9.80 Å². The van der Waals surface area contributed by atoms with E-state index in [0.717, 1.165) is 12.0 Å². The Morgan fingerprint density at radius 3 is 2.97 bits per heavy atom. The van der Waals surface area contributed by atoms with Crippen LogP contribution in [0.3, 0.4) is 0 Å². The summed E-state index contributed by atoms with van der Waals surface area (Å²) in [7, 11) is 0. The first-order valence-electron chi connectivity index (χ1n) is 11.2. The predicted molar refractivity (Wildman–Crippen MR) is 128 cm³/mol. The molecule has 6 nitrogen and oxygen atoms in total. The van der Waals surface area contributed by atoms with Crippen molar-refractivity contribution in [1.29, 1.82) is 0 Å². The minimum atomic E-state index is -0.697. The van der Waals surface area contributed by atoms with Gasteiger partial charge in [0.05, 0.1) is 31.4 Å². The SMILES string of the molecule is C=CCN(CC(=O)N1CCc2sccc2[C@@H]1COc1cccc(F)c1)C[C@H](O)COC(C)C. The van der Waals surface area contributed by atoms with Crippen LogP contribution in [0.25, 0.3) is 0 Å². The summed E-state index contributed by atoms with van der Waals surface area (Å²) in [6, 6.07) is 7.81.